The van der Waals surface area contributed by atoms with Crippen LogP contribution >= 0.6 is 6.72 Å². The molecule has 0 bridgehead atoms. The summed E-state index contributed by atoms with van der Waals surface area (Å²) in [5.74, 6) is 0.162. The molecule has 2 aromatic heterocycles. The summed E-state index contributed by atoms with van der Waals surface area (Å²) in [4.78, 5) is 25.7. The number of ether oxygens (including phenoxy) is 1. The molecule has 0 saturated heterocycles. The van der Waals surface area contributed by atoms with Crippen LogP contribution in [0.4, 0.5) is 10.2 Å². The van der Waals surface area contributed by atoms with Crippen LogP contribution in [0, 0.1) is 0 Å². The molecule has 0 radical (unpaired) electrons. The van der Waals surface area contributed by atoms with Crippen LogP contribution < -0.4 is 5.73 Å². The summed E-state index contributed by atoms with van der Waals surface area (Å²) >= 11 is 4.29. The molecule has 0 amide bonds. The van der Waals surface area contributed by atoms with Gasteiger partial charge in [0.1, 0.15) is 19.1 Å². The standard InChI is InChI=1S/C9H14FN6O4PS/c1-5(20-6(2-10)3-19-21(17,18)22)16-9-7(14-15-16)8(11)12-4-13-9/h4-6H,2-3H2,1H3,(H2,11,12,13)(H2,17,18,22)/t5-,6+/m1/s1. The highest BCUT2D eigenvalue weighted by Crippen LogP contribution is 2.36. The van der Waals surface area contributed by atoms with Crippen molar-refractivity contribution in [2.45, 2.75) is 19.3 Å². The second-order valence-corrected chi connectivity index (χ2v) is 6.93. The highest BCUT2D eigenvalue weighted by atomic mass is 32.5. The van der Waals surface area contributed by atoms with E-state index in [1.165, 1.54) is 11.0 Å². The lowest BCUT2D eigenvalue weighted by atomic mass is 10.4. The van der Waals surface area contributed by atoms with Crippen LogP contribution in [0.5, 0.6) is 0 Å². The van der Waals surface area contributed by atoms with Gasteiger partial charge in [-0.15, -0.1) is 5.10 Å². The Morgan fingerprint density at radius 1 is 1.50 bits per heavy atom. The zero-order chi connectivity index (χ0) is 16.3. The van der Waals surface area contributed by atoms with Crippen molar-refractivity contribution in [2.24, 2.45) is 0 Å². The molecule has 2 rings (SSSR count). The first kappa shape index (κ1) is 17.1. The maximum atomic E-state index is 12.9. The Bertz CT molecular complexity index is 696. The fourth-order valence-corrected chi connectivity index (χ4v) is 2.21. The third-order valence-electron chi connectivity index (χ3n) is 2.62. The number of fused-ring (bicyclic) bond motifs is 1. The van der Waals surface area contributed by atoms with Crippen molar-refractivity contribution in [3.8, 4) is 0 Å². The molecule has 0 fully saturated rings. The fourth-order valence-electron chi connectivity index (χ4n) is 1.66. The number of hydrogen-bond acceptors (Lipinski definition) is 8. The van der Waals surface area contributed by atoms with Crippen LogP contribution in [0.15, 0.2) is 6.33 Å². The van der Waals surface area contributed by atoms with Crippen molar-refractivity contribution in [3.05, 3.63) is 6.33 Å². The smallest absolute Gasteiger partial charge is 0.321 e. The van der Waals surface area contributed by atoms with Gasteiger partial charge in [0.05, 0.1) is 6.61 Å². The first-order valence-corrected chi connectivity index (χ1v) is 8.67. The summed E-state index contributed by atoms with van der Waals surface area (Å²) in [6.07, 6.45) is -0.568. The van der Waals surface area contributed by atoms with Crippen LogP contribution in [-0.2, 0) is 21.1 Å². The first-order chi connectivity index (χ1) is 10.3. The van der Waals surface area contributed by atoms with Crippen molar-refractivity contribution < 1.29 is 23.4 Å². The van der Waals surface area contributed by atoms with Crippen molar-refractivity contribution in [3.63, 3.8) is 0 Å². The zero-order valence-corrected chi connectivity index (χ0v) is 13.1. The lowest BCUT2D eigenvalue weighted by Crippen LogP contribution is -2.26. The van der Waals surface area contributed by atoms with E-state index in [1.54, 1.807) is 6.92 Å². The van der Waals surface area contributed by atoms with Gasteiger partial charge in [-0.3, -0.25) is 0 Å². The highest BCUT2D eigenvalue weighted by molar-refractivity contribution is 8.06. The monoisotopic (exact) mass is 352 g/mol. The van der Waals surface area contributed by atoms with Crippen LogP contribution in [0.2, 0.25) is 0 Å². The molecular weight excluding hydrogens is 338 g/mol. The van der Waals surface area contributed by atoms with Gasteiger partial charge in [-0.05, 0) is 18.7 Å². The number of halogens is 1. The number of rotatable bonds is 7. The maximum absolute atomic E-state index is 12.9. The molecule has 22 heavy (non-hydrogen) atoms. The SMILES string of the molecule is C[C@@H](O[C@@H](CF)COP(O)(O)=S)n1nnc2c(N)ncnc21. The van der Waals surface area contributed by atoms with E-state index in [1.807, 2.05) is 0 Å². The normalized spacial score (nSPS) is 15.1. The van der Waals surface area contributed by atoms with Gasteiger partial charge in [0, 0.05) is 0 Å². The average Bonchev–Trinajstić information content (AvgIpc) is 2.87. The summed E-state index contributed by atoms with van der Waals surface area (Å²) < 4.78 is 24.2. The van der Waals surface area contributed by atoms with Crippen LogP contribution in [0.3, 0.4) is 0 Å². The summed E-state index contributed by atoms with van der Waals surface area (Å²) in [6, 6.07) is 0. The molecule has 2 heterocycles. The summed E-state index contributed by atoms with van der Waals surface area (Å²) in [5, 5.41) is 7.66. The largest absolute Gasteiger partial charge is 0.382 e. The molecule has 0 aromatic carbocycles. The van der Waals surface area contributed by atoms with Crippen molar-refractivity contribution in [1.29, 1.82) is 0 Å². The number of nitrogen functional groups attached to an aromatic ring is 1. The minimum atomic E-state index is -3.87. The Hall–Kier alpha value is -1.30. The fraction of sp³-hybridized carbons (Fsp3) is 0.556. The number of aromatic nitrogens is 5. The number of nitrogens with two attached hydrogens (primary N) is 1. The van der Waals surface area contributed by atoms with E-state index in [2.05, 4.69) is 36.6 Å². The Morgan fingerprint density at radius 3 is 2.86 bits per heavy atom. The molecule has 0 aliphatic rings. The number of nitrogens with zero attached hydrogens (tertiary/aromatic N) is 5. The number of hydrogen-bond donors (Lipinski definition) is 3. The van der Waals surface area contributed by atoms with E-state index in [4.69, 9.17) is 20.3 Å². The third-order valence-corrected chi connectivity index (χ3v) is 3.43. The molecule has 4 N–H and O–H groups in total. The first-order valence-electron chi connectivity index (χ1n) is 6.04. The Kier molecular flexibility index (Phi) is 5.32. The van der Waals surface area contributed by atoms with Crippen molar-refractivity contribution in [2.75, 3.05) is 19.0 Å². The third kappa shape index (κ3) is 4.12. The Morgan fingerprint density at radius 2 is 2.23 bits per heavy atom. The summed E-state index contributed by atoms with van der Waals surface area (Å²) in [6.45, 7) is -3.60. The predicted octanol–water partition coefficient (Wildman–Crippen LogP) is -0.0976. The van der Waals surface area contributed by atoms with Gasteiger partial charge in [0.15, 0.2) is 23.2 Å². The van der Waals surface area contributed by atoms with Gasteiger partial charge in [0.2, 0.25) is 0 Å². The molecule has 0 aliphatic carbocycles. The van der Waals surface area contributed by atoms with Gasteiger partial charge in [-0.2, -0.15) is 4.68 Å². The molecule has 0 saturated carbocycles. The summed E-state index contributed by atoms with van der Waals surface area (Å²) in [5.41, 5.74) is 6.27. The summed E-state index contributed by atoms with van der Waals surface area (Å²) in [7, 11) is 0. The van der Waals surface area contributed by atoms with E-state index in [0.29, 0.717) is 11.2 Å². The minimum Gasteiger partial charge on any atom is -0.382 e. The highest BCUT2D eigenvalue weighted by Gasteiger charge is 2.21. The van der Waals surface area contributed by atoms with Crippen molar-refractivity contribution >= 4 is 35.5 Å². The van der Waals surface area contributed by atoms with E-state index in [-0.39, 0.29) is 5.82 Å². The lowest BCUT2D eigenvalue weighted by molar-refractivity contribution is -0.0748. The number of anilines is 1. The van der Waals surface area contributed by atoms with Crippen molar-refractivity contribution in [1.82, 2.24) is 25.0 Å². The second kappa shape index (κ2) is 6.86. The van der Waals surface area contributed by atoms with E-state index in [0.717, 1.165) is 0 Å². The molecule has 0 aliphatic heterocycles. The van der Waals surface area contributed by atoms with Gasteiger partial charge >= 0.3 is 6.72 Å². The van der Waals surface area contributed by atoms with Gasteiger partial charge in [-0.25, -0.2) is 14.4 Å². The van der Waals surface area contributed by atoms with Gasteiger partial charge < -0.3 is 24.8 Å². The van der Waals surface area contributed by atoms with Gasteiger partial charge in [0.25, 0.3) is 0 Å². The van der Waals surface area contributed by atoms with Gasteiger partial charge in [-0.1, -0.05) is 5.21 Å². The molecule has 13 heteroatoms. The molecule has 2 aromatic rings. The second-order valence-electron chi connectivity index (χ2n) is 4.26. The van der Waals surface area contributed by atoms with E-state index in [9.17, 15) is 4.39 Å². The quantitative estimate of drug-likeness (QED) is 0.578. The zero-order valence-electron chi connectivity index (χ0n) is 11.4. The Labute approximate surface area is 129 Å². The molecule has 0 spiro atoms. The molecule has 122 valence electrons. The average molecular weight is 352 g/mol. The molecular formula is C9H14FN6O4PS. The minimum absolute atomic E-state index is 0.162. The number of alkyl halides is 1. The van der Waals surface area contributed by atoms with Crippen LogP contribution in [0.25, 0.3) is 11.2 Å². The van der Waals surface area contributed by atoms with Crippen LogP contribution in [-0.4, -0.2) is 54.1 Å². The Balaban J connectivity index is 2.11. The molecule has 0 unspecified atom stereocenters. The molecule has 2 atom stereocenters. The topological polar surface area (TPSA) is 141 Å². The lowest BCUT2D eigenvalue weighted by Gasteiger charge is -2.21. The van der Waals surface area contributed by atoms with Crippen LogP contribution in [0.1, 0.15) is 13.2 Å². The molecule has 10 nitrogen and oxygen atoms in total. The maximum Gasteiger partial charge on any atom is 0.321 e. The van der Waals surface area contributed by atoms with E-state index < -0.39 is 32.3 Å². The predicted molar refractivity (Wildman–Crippen MR) is 77.8 cm³/mol. The van der Waals surface area contributed by atoms with E-state index >= 15 is 0 Å².